The predicted octanol–water partition coefficient (Wildman–Crippen LogP) is 2.29. The van der Waals surface area contributed by atoms with Gasteiger partial charge in [-0.15, -0.1) is 0 Å². The topological polar surface area (TPSA) is 78.6 Å². The highest BCUT2D eigenvalue weighted by atomic mass is 16.5. The van der Waals surface area contributed by atoms with Gasteiger partial charge in [-0.1, -0.05) is 29.4 Å². The first-order valence-corrected chi connectivity index (χ1v) is 8.33. The van der Waals surface area contributed by atoms with Gasteiger partial charge in [0, 0.05) is 18.7 Å². The Hall–Kier alpha value is -2.18. The van der Waals surface area contributed by atoms with Gasteiger partial charge < -0.3 is 9.63 Å². The number of aromatic nitrogens is 1. The molecule has 0 aliphatic heterocycles. The van der Waals surface area contributed by atoms with Crippen LogP contribution in [0, 0.1) is 6.92 Å². The van der Waals surface area contributed by atoms with Crippen LogP contribution >= 0.6 is 0 Å². The summed E-state index contributed by atoms with van der Waals surface area (Å²) < 4.78 is 5.03. The lowest BCUT2D eigenvalue weighted by Crippen LogP contribution is -2.39. The van der Waals surface area contributed by atoms with Crippen molar-refractivity contribution < 1.29 is 14.4 Å². The van der Waals surface area contributed by atoms with Crippen LogP contribution in [0.1, 0.15) is 35.7 Å². The Morgan fingerprint density at radius 3 is 3.04 bits per heavy atom. The maximum absolute atomic E-state index is 12.3. The van der Waals surface area contributed by atoms with Crippen molar-refractivity contribution in [2.24, 2.45) is 0 Å². The Morgan fingerprint density at radius 1 is 1.46 bits per heavy atom. The third-order valence-electron chi connectivity index (χ3n) is 4.40. The molecule has 0 saturated heterocycles. The molecular formula is C18H23N3O3. The highest BCUT2D eigenvalue weighted by Gasteiger charge is 2.27. The molecule has 1 aliphatic carbocycles. The Labute approximate surface area is 141 Å². The lowest BCUT2D eigenvalue weighted by Gasteiger charge is -2.35. The Kier molecular flexibility index (Phi) is 5.27. The molecule has 1 amide bonds. The average Bonchev–Trinajstić information content (AvgIpc) is 2.98. The summed E-state index contributed by atoms with van der Waals surface area (Å²) in [6.07, 6.45) is 3.15. The zero-order valence-electron chi connectivity index (χ0n) is 13.9. The molecule has 0 saturated carbocycles. The van der Waals surface area contributed by atoms with Gasteiger partial charge in [0.15, 0.2) is 0 Å². The molecule has 1 unspecified atom stereocenters. The second-order valence-electron chi connectivity index (χ2n) is 6.18. The van der Waals surface area contributed by atoms with E-state index in [-0.39, 0.29) is 25.1 Å². The van der Waals surface area contributed by atoms with Crippen LogP contribution in [0.25, 0.3) is 0 Å². The van der Waals surface area contributed by atoms with Gasteiger partial charge in [-0.2, -0.15) is 0 Å². The monoisotopic (exact) mass is 329 g/mol. The fourth-order valence-electron chi connectivity index (χ4n) is 3.37. The number of fused-ring (bicyclic) bond motifs is 1. The lowest BCUT2D eigenvalue weighted by atomic mass is 9.87. The first-order chi connectivity index (χ1) is 11.7. The minimum atomic E-state index is -0.164. The third-order valence-corrected chi connectivity index (χ3v) is 4.40. The number of nitrogens with one attached hydrogen (secondary N) is 1. The molecule has 2 N–H and O–H groups in total. The number of aliphatic hydroxyl groups excluding tert-OH is 1. The van der Waals surface area contributed by atoms with Gasteiger partial charge in [0.25, 0.3) is 0 Å². The van der Waals surface area contributed by atoms with Crippen LogP contribution in [0.2, 0.25) is 0 Å². The molecule has 6 nitrogen and oxygen atoms in total. The molecule has 1 aromatic heterocycles. The first-order valence-electron chi connectivity index (χ1n) is 8.33. The molecule has 1 atom stereocenters. The van der Waals surface area contributed by atoms with Gasteiger partial charge in [-0.05, 0) is 37.3 Å². The van der Waals surface area contributed by atoms with Crippen molar-refractivity contribution in [2.45, 2.75) is 32.2 Å². The molecule has 2 aromatic rings. The van der Waals surface area contributed by atoms with Crippen molar-refractivity contribution in [3.05, 3.63) is 47.2 Å². The lowest BCUT2D eigenvalue weighted by molar-refractivity contribution is -0.118. The van der Waals surface area contributed by atoms with Crippen molar-refractivity contribution in [3.8, 4) is 0 Å². The van der Waals surface area contributed by atoms with E-state index < -0.39 is 0 Å². The summed E-state index contributed by atoms with van der Waals surface area (Å²) in [5, 5.41) is 15.9. The fourth-order valence-corrected chi connectivity index (χ4v) is 3.37. The Morgan fingerprint density at radius 2 is 2.29 bits per heavy atom. The molecule has 1 heterocycles. The summed E-state index contributed by atoms with van der Waals surface area (Å²) >= 11 is 0. The summed E-state index contributed by atoms with van der Waals surface area (Å²) in [7, 11) is 0. The molecule has 0 fully saturated rings. The molecule has 24 heavy (non-hydrogen) atoms. The van der Waals surface area contributed by atoms with E-state index in [1.54, 1.807) is 13.0 Å². The average molecular weight is 329 g/mol. The Bertz CT molecular complexity index is 698. The number of carbonyl (C=O) groups excluding carboxylic acids is 1. The number of anilines is 1. The van der Waals surface area contributed by atoms with Crippen LogP contribution in [0.3, 0.4) is 0 Å². The fraction of sp³-hybridized carbons (Fsp3) is 0.444. The van der Waals surface area contributed by atoms with Crippen LogP contribution in [0.15, 0.2) is 34.9 Å². The zero-order chi connectivity index (χ0) is 16.9. The molecule has 3 rings (SSSR count). The van der Waals surface area contributed by atoms with E-state index in [0.717, 1.165) is 25.0 Å². The summed E-state index contributed by atoms with van der Waals surface area (Å²) in [6.45, 7) is 2.49. The highest BCUT2D eigenvalue weighted by Crippen LogP contribution is 2.33. The molecular weight excluding hydrogens is 306 g/mol. The van der Waals surface area contributed by atoms with E-state index >= 15 is 0 Å². The van der Waals surface area contributed by atoms with E-state index in [0.29, 0.717) is 12.4 Å². The van der Waals surface area contributed by atoms with Gasteiger partial charge in [-0.25, -0.2) is 0 Å². The molecule has 0 radical (unpaired) electrons. The normalized spacial score (nSPS) is 16.9. The molecule has 1 aliphatic rings. The van der Waals surface area contributed by atoms with Crippen LogP contribution in [-0.4, -0.2) is 40.8 Å². The van der Waals surface area contributed by atoms with E-state index in [4.69, 9.17) is 4.52 Å². The highest BCUT2D eigenvalue weighted by molar-refractivity contribution is 5.91. The predicted molar refractivity (Wildman–Crippen MR) is 90.6 cm³/mol. The number of amides is 1. The van der Waals surface area contributed by atoms with Crippen LogP contribution in [0.4, 0.5) is 5.88 Å². The number of aliphatic hydroxyl groups is 1. The van der Waals surface area contributed by atoms with Crippen LogP contribution in [-0.2, 0) is 11.2 Å². The van der Waals surface area contributed by atoms with Gasteiger partial charge >= 0.3 is 0 Å². The number of hydrogen-bond acceptors (Lipinski definition) is 5. The van der Waals surface area contributed by atoms with Crippen LogP contribution < -0.4 is 5.32 Å². The minimum Gasteiger partial charge on any atom is -0.395 e. The van der Waals surface area contributed by atoms with Gasteiger partial charge in [0.05, 0.1) is 18.8 Å². The zero-order valence-corrected chi connectivity index (χ0v) is 13.9. The first kappa shape index (κ1) is 16.7. The van der Waals surface area contributed by atoms with E-state index in [1.165, 1.54) is 11.1 Å². The number of aryl methyl sites for hydroxylation is 2. The molecule has 128 valence electrons. The van der Waals surface area contributed by atoms with Crippen molar-refractivity contribution in [1.82, 2.24) is 10.1 Å². The van der Waals surface area contributed by atoms with Crippen molar-refractivity contribution in [2.75, 3.05) is 25.0 Å². The van der Waals surface area contributed by atoms with Gasteiger partial charge in [0.1, 0.15) is 0 Å². The number of carbonyl (C=O) groups is 1. The quantitative estimate of drug-likeness (QED) is 0.850. The molecule has 0 bridgehead atoms. The molecule has 6 heteroatoms. The summed E-state index contributed by atoms with van der Waals surface area (Å²) in [4.78, 5) is 14.4. The Balaban J connectivity index is 1.72. The standard InChI is InChI=1S/C18H23N3O3/c1-13-11-18(24-20-13)19-17(23)12-21(9-10-22)16-8-4-6-14-5-2-3-7-15(14)16/h2-3,5,7,11,16,22H,4,6,8-10,12H2,1H3,(H,19,23). The maximum Gasteiger partial charge on any atom is 0.240 e. The number of rotatable bonds is 6. The third kappa shape index (κ3) is 3.83. The minimum absolute atomic E-state index is 0.0212. The van der Waals surface area contributed by atoms with Gasteiger partial charge in [-0.3, -0.25) is 15.0 Å². The summed E-state index contributed by atoms with van der Waals surface area (Å²) in [6, 6.07) is 10.2. The van der Waals surface area contributed by atoms with E-state index in [9.17, 15) is 9.90 Å². The van der Waals surface area contributed by atoms with E-state index in [1.807, 2.05) is 11.0 Å². The molecule has 1 aromatic carbocycles. The SMILES string of the molecule is Cc1cc(NC(=O)CN(CCO)C2CCCc3ccccc32)on1. The molecule has 0 spiro atoms. The second kappa shape index (κ2) is 7.59. The smallest absolute Gasteiger partial charge is 0.240 e. The largest absolute Gasteiger partial charge is 0.395 e. The van der Waals surface area contributed by atoms with Crippen molar-refractivity contribution in [3.63, 3.8) is 0 Å². The summed E-state index contributed by atoms with van der Waals surface area (Å²) in [5.74, 6) is 0.188. The number of benzene rings is 1. The maximum atomic E-state index is 12.3. The van der Waals surface area contributed by atoms with E-state index in [2.05, 4.69) is 28.7 Å². The summed E-state index contributed by atoms with van der Waals surface area (Å²) in [5.41, 5.74) is 3.32. The number of hydrogen-bond donors (Lipinski definition) is 2. The second-order valence-corrected chi connectivity index (χ2v) is 6.18. The van der Waals surface area contributed by atoms with Crippen molar-refractivity contribution in [1.29, 1.82) is 0 Å². The van der Waals surface area contributed by atoms with Crippen LogP contribution in [0.5, 0.6) is 0 Å². The number of nitrogens with zero attached hydrogens (tertiary/aromatic N) is 2. The van der Waals surface area contributed by atoms with Gasteiger partial charge in [0.2, 0.25) is 11.8 Å². The van der Waals surface area contributed by atoms with Crippen molar-refractivity contribution >= 4 is 11.8 Å².